The Morgan fingerprint density at radius 2 is 1.90 bits per heavy atom. The Labute approximate surface area is 128 Å². The Bertz CT molecular complexity index is 659. The van der Waals surface area contributed by atoms with Crippen molar-refractivity contribution in [2.24, 2.45) is 0 Å². The number of nitrogen functional groups attached to an aromatic ring is 1. The van der Waals surface area contributed by atoms with E-state index in [4.69, 9.17) is 5.73 Å². The molecule has 21 heavy (non-hydrogen) atoms. The lowest BCUT2D eigenvalue weighted by molar-refractivity contribution is -0.274. The monoisotopic (exact) mass is 360 g/mol. The number of rotatable bonds is 3. The van der Waals surface area contributed by atoms with Crippen molar-refractivity contribution in [1.82, 2.24) is 0 Å². The molecule has 0 aliphatic heterocycles. The van der Waals surface area contributed by atoms with Crippen LogP contribution in [-0.2, 0) is 0 Å². The molecule has 2 aromatic rings. The van der Waals surface area contributed by atoms with Gasteiger partial charge in [-0.1, -0.05) is 6.07 Å². The van der Waals surface area contributed by atoms with Crippen LogP contribution in [0.3, 0.4) is 0 Å². The van der Waals surface area contributed by atoms with E-state index in [-0.39, 0.29) is 5.75 Å². The van der Waals surface area contributed by atoms with Crippen molar-refractivity contribution in [1.29, 1.82) is 0 Å². The lowest BCUT2D eigenvalue weighted by Crippen LogP contribution is -2.17. The number of nitrogens with two attached hydrogens (primary N) is 1. The van der Waals surface area contributed by atoms with Crippen molar-refractivity contribution in [2.45, 2.75) is 13.3 Å². The van der Waals surface area contributed by atoms with Gasteiger partial charge in [-0.3, -0.25) is 0 Å². The third kappa shape index (κ3) is 4.29. The Morgan fingerprint density at radius 3 is 2.57 bits per heavy atom. The lowest BCUT2D eigenvalue weighted by Gasteiger charge is -2.13. The summed E-state index contributed by atoms with van der Waals surface area (Å²) >= 11 is 3.35. The maximum atomic E-state index is 12.2. The number of hydrogen-bond donors (Lipinski definition) is 2. The SMILES string of the molecule is Cc1cc(Nc2cccc(OC(F)(F)F)c2)c(Br)cc1N. The largest absolute Gasteiger partial charge is 0.573 e. The first kappa shape index (κ1) is 15.5. The van der Waals surface area contributed by atoms with Crippen molar-refractivity contribution in [2.75, 3.05) is 11.1 Å². The number of halogens is 4. The summed E-state index contributed by atoms with van der Waals surface area (Å²) < 4.78 is 41.2. The molecule has 0 saturated carbocycles. The molecule has 3 nitrogen and oxygen atoms in total. The molecule has 0 aromatic heterocycles. The van der Waals surface area contributed by atoms with E-state index in [9.17, 15) is 13.2 Å². The molecule has 2 aromatic carbocycles. The number of nitrogens with one attached hydrogen (secondary N) is 1. The molecule has 0 fully saturated rings. The Hall–Kier alpha value is -1.89. The lowest BCUT2D eigenvalue weighted by atomic mass is 10.2. The van der Waals surface area contributed by atoms with Crippen molar-refractivity contribution < 1.29 is 17.9 Å². The summed E-state index contributed by atoms with van der Waals surface area (Å²) in [4.78, 5) is 0. The second-order valence-electron chi connectivity index (χ2n) is 4.39. The van der Waals surface area contributed by atoms with Crippen LogP contribution in [0.1, 0.15) is 5.56 Å². The van der Waals surface area contributed by atoms with Crippen molar-refractivity contribution in [3.05, 3.63) is 46.4 Å². The fourth-order valence-corrected chi connectivity index (χ4v) is 2.18. The normalized spacial score (nSPS) is 11.3. The van der Waals surface area contributed by atoms with E-state index in [2.05, 4.69) is 26.0 Å². The summed E-state index contributed by atoms with van der Waals surface area (Å²) in [5.74, 6) is -0.282. The van der Waals surface area contributed by atoms with E-state index in [0.29, 0.717) is 21.5 Å². The topological polar surface area (TPSA) is 47.3 Å². The average Bonchev–Trinajstić information content (AvgIpc) is 2.34. The Balaban J connectivity index is 2.24. The zero-order chi connectivity index (χ0) is 15.6. The minimum atomic E-state index is -4.71. The molecule has 0 spiro atoms. The van der Waals surface area contributed by atoms with Crippen LogP contribution in [0.25, 0.3) is 0 Å². The first-order valence-electron chi connectivity index (χ1n) is 5.93. The number of hydrogen-bond acceptors (Lipinski definition) is 3. The van der Waals surface area contributed by atoms with Gasteiger partial charge in [-0.05, 0) is 52.7 Å². The summed E-state index contributed by atoms with van der Waals surface area (Å²) in [6.07, 6.45) is -4.71. The van der Waals surface area contributed by atoms with E-state index in [1.165, 1.54) is 18.2 Å². The minimum absolute atomic E-state index is 0.282. The Morgan fingerprint density at radius 1 is 1.19 bits per heavy atom. The van der Waals surface area contributed by atoms with Crippen LogP contribution in [0.4, 0.5) is 30.2 Å². The van der Waals surface area contributed by atoms with Crippen LogP contribution < -0.4 is 15.8 Å². The Kier molecular flexibility index (Phi) is 4.32. The fraction of sp³-hybridized carbons (Fsp3) is 0.143. The maximum absolute atomic E-state index is 12.2. The summed E-state index contributed by atoms with van der Waals surface area (Å²) in [6.45, 7) is 1.84. The molecule has 0 atom stereocenters. The summed E-state index contributed by atoms with van der Waals surface area (Å²) in [6, 6.07) is 9.15. The molecule has 0 aliphatic carbocycles. The van der Waals surface area contributed by atoms with Gasteiger partial charge in [-0.25, -0.2) is 0 Å². The molecule has 2 rings (SSSR count). The maximum Gasteiger partial charge on any atom is 0.573 e. The number of ether oxygens (including phenoxy) is 1. The van der Waals surface area contributed by atoms with E-state index >= 15 is 0 Å². The van der Waals surface area contributed by atoms with Gasteiger partial charge < -0.3 is 15.8 Å². The molecule has 0 unspecified atom stereocenters. The molecular weight excluding hydrogens is 349 g/mol. The van der Waals surface area contributed by atoms with Crippen molar-refractivity contribution in [3.63, 3.8) is 0 Å². The highest BCUT2D eigenvalue weighted by atomic mass is 79.9. The zero-order valence-corrected chi connectivity index (χ0v) is 12.5. The quantitative estimate of drug-likeness (QED) is 0.758. The van der Waals surface area contributed by atoms with Gasteiger partial charge in [0, 0.05) is 21.9 Å². The average molecular weight is 361 g/mol. The molecule has 0 heterocycles. The van der Waals surface area contributed by atoms with Gasteiger partial charge in [0.2, 0.25) is 0 Å². The smallest absolute Gasteiger partial charge is 0.406 e. The predicted octanol–water partition coefficient (Wildman–Crippen LogP) is 4.98. The fourth-order valence-electron chi connectivity index (χ4n) is 1.72. The van der Waals surface area contributed by atoms with Gasteiger partial charge in [0.05, 0.1) is 5.69 Å². The van der Waals surface area contributed by atoms with Gasteiger partial charge in [0.25, 0.3) is 0 Å². The molecule has 0 amide bonds. The molecule has 112 valence electrons. The van der Waals surface area contributed by atoms with Crippen molar-refractivity contribution in [3.8, 4) is 5.75 Å². The van der Waals surface area contributed by atoms with E-state index < -0.39 is 6.36 Å². The summed E-state index contributed by atoms with van der Waals surface area (Å²) in [7, 11) is 0. The van der Waals surface area contributed by atoms with Gasteiger partial charge in [-0.15, -0.1) is 13.2 Å². The number of anilines is 3. The highest BCUT2D eigenvalue weighted by Crippen LogP contribution is 2.32. The van der Waals surface area contributed by atoms with Crippen LogP contribution in [0.15, 0.2) is 40.9 Å². The van der Waals surface area contributed by atoms with E-state index in [1.54, 1.807) is 18.2 Å². The molecule has 7 heteroatoms. The van der Waals surface area contributed by atoms with E-state index in [1.807, 2.05) is 6.92 Å². The van der Waals surface area contributed by atoms with Gasteiger partial charge in [0.1, 0.15) is 5.75 Å². The van der Waals surface area contributed by atoms with Gasteiger partial charge >= 0.3 is 6.36 Å². The molecule has 0 radical (unpaired) electrons. The predicted molar refractivity (Wildman–Crippen MR) is 79.7 cm³/mol. The standard InChI is InChI=1S/C14H12BrF3N2O/c1-8-5-13(11(15)7-12(8)19)20-9-3-2-4-10(6-9)21-14(16,17)18/h2-7,20H,19H2,1H3. The highest BCUT2D eigenvalue weighted by Gasteiger charge is 2.31. The molecule has 0 bridgehead atoms. The minimum Gasteiger partial charge on any atom is -0.406 e. The van der Waals surface area contributed by atoms with Crippen LogP contribution in [-0.4, -0.2) is 6.36 Å². The molecular formula is C14H12BrF3N2O. The number of aryl methyl sites for hydroxylation is 1. The van der Waals surface area contributed by atoms with Crippen LogP contribution in [0.5, 0.6) is 5.75 Å². The third-order valence-corrected chi connectivity index (χ3v) is 3.36. The summed E-state index contributed by atoms with van der Waals surface area (Å²) in [5.41, 5.74) is 8.44. The van der Waals surface area contributed by atoms with Gasteiger partial charge in [-0.2, -0.15) is 0 Å². The summed E-state index contributed by atoms with van der Waals surface area (Å²) in [5, 5.41) is 3.02. The van der Waals surface area contributed by atoms with Gasteiger partial charge in [0.15, 0.2) is 0 Å². The first-order valence-corrected chi connectivity index (χ1v) is 6.72. The second-order valence-corrected chi connectivity index (χ2v) is 5.24. The molecule has 3 N–H and O–H groups in total. The second kappa shape index (κ2) is 5.85. The first-order chi connectivity index (χ1) is 9.74. The molecule has 0 aliphatic rings. The molecule has 0 saturated heterocycles. The number of alkyl halides is 3. The van der Waals surface area contributed by atoms with Crippen LogP contribution in [0.2, 0.25) is 0 Å². The zero-order valence-electron chi connectivity index (χ0n) is 11.0. The van der Waals surface area contributed by atoms with E-state index in [0.717, 1.165) is 5.56 Å². The highest BCUT2D eigenvalue weighted by molar-refractivity contribution is 9.10. The van der Waals surface area contributed by atoms with Crippen molar-refractivity contribution >= 4 is 33.0 Å². The number of benzene rings is 2. The van der Waals surface area contributed by atoms with Crippen LogP contribution in [0, 0.1) is 6.92 Å². The third-order valence-electron chi connectivity index (χ3n) is 2.70. The van der Waals surface area contributed by atoms with Crippen LogP contribution >= 0.6 is 15.9 Å².